The third kappa shape index (κ3) is 5.27. The topological polar surface area (TPSA) is 140 Å². The standard InChI is InChI=1S/C20H21N5O6S/c1-31-14-6-7-15(17(12-14)24(27)28)21-20(32)22-19(26)13-5-8-16(18(11-13)25(29)30)23-9-3-2-4-10-23/h5-8,11-12H,2-4,9-10H2,1H3,(H2,21,22,26,32). The monoisotopic (exact) mass is 459 g/mol. The number of nitrogens with zero attached hydrogens (tertiary/aromatic N) is 3. The second-order valence-corrected chi connectivity index (χ2v) is 7.46. The largest absolute Gasteiger partial charge is 0.496 e. The maximum atomic E-state index is 12.6. The van der Waals surface area contributed by atoms with E-state index in [9.17, 15) is 25.0 Å². The molecule has 0 radical (unpaired) electrons. The number of benzene rings is 2. The molecular formula is C20H21N5O6S. The van der Waals surface area contributed by atoms with Crippen molar-refractivity contribution in [2.45, 2.75) is 19.3 Å². The number of nitro benzene ring substituents is 2. The van der Waals surface area contributed by atoms with Gasteiger partial charge in [0.1, 0.15) is 17.1 Å². The van der Waals surface area contributed by atoms with Gasteiger partial charge in [0.2, 0.25) is 0 Å². The van der Waals surface area contributed by atoms with Crippen molar-refractivity contribution in [3.63, 3.8) is 0 Å². The number of carbonyl (C=O) groups is 1. The summed E-state index contributed by atoms with van der Waals surface area (Å²) in [5.74, 6) is -0.384. The minimum absolute atomic E-state index is 0.0471. The zero-order valence-corrected chi connectivity index (χ0v) is 18.0. The van der Waals surface area contributed by atoms with E-state index in [0.717, 1.165) is 32.4 Å². The number of nitro groups is 2. The molecule has 0 aliphatic carbocycles. The molecule has 0 unspecified atom stereocenters. The van der Waals surface area contributed by atoms with Crippen molar-refractivity contribution in [3.8, 4) is 5.75 Å². The fourth-order valence-corrected chi connectivity index (χ4v) is 3.64. The van der Waals surface area contributed by atoms with Gasteiger partial charge in [-0.25, -0.2) is 0 Å². The highest BCUT2D eigenvalue weighted by Crippen LogP contribution is 2.32. The van der Waals surface area contributed by atoms with Crippen LogP contribution < -0.4 is 20.3 Å². The Hall–Kier alpha value is -3.80. The molecule has 1 aliphatic rings. The van der Waals surface area contributed by atoms with Gasteiger partial charge in [0.05, 0.1) is 23.0 Å². The molecule has 2 aromatic carbocycles. The first-order valence-electron chi connectivity index (χ1n) is 9.78. The molecule has 0 bridgehead atoms. The Balaban J connectivity index is 1.75. The van der Waals surface area contributed by atoms with Gasteiger partial charge in [-0.05, 0) is 55.7 Å². The van der Waals surface area contributed by atoms with Crippen molar-refractivity contribution in [1.29, 1.82) is 0 Å². The summed E-state index contributed by atoms with van der Waals surface area (Å²) in [5, 5.41) is 27.7. The molecule has 1 heterocycles. The van der Waals surface area contributed by atoms with E-state index in [2.05, 4.69) is 10.6 Å². The molecule has 11 nitrogen and oxygen atoms in total. The first-order chi connectivity index (χ1) is 15.3. The number of methoxy groups -OCH3 is 1. The van der Waals surface area contributed by atoms with E-state index in [1.54, 1.807) is 6.07 Å². The summed E-state index contributed by atoms with van der Waals surface area (Å²) in [7, 11) is 1.38. The highest BCUT2D eigenvalue weighted by molar-refractivity contribution is 7.80. The maximum absolute atomic E-state index is 12.6. The quantitative estimate of drug-likeness (QED) is 0.376. The van der Waals surface area contributed by atoms with Crippen molar-refractivity contribution in [1.82, 2.24) is 5.32 Å². The highest BCUT2D eigenvalue weighted by atomic mass is 32.1. The molecule has 32 heavy (non-hydrogen) atoms. The molecule has 2 N–H and O–H groups in total. The predicted molar refractivity (Wildman–Crippen MR) is 122 cm³/mol. The maximum Gasteiger partial charge on any atom is 0.296 e. The Morgan fingerprint density at radius 1 is 1.03 bits per heavy atom. The van der Waals surface area contributed by atoms with Gasteiger partial charge < -0.3 is 15.0 Å². The Morgan fingerprint density at radius 3 is 2.34 bits per heavy atom. The van der Waals surface area contributed by atoms with Gasteiger partial charge in [0.15, 0.2) is 5.11 Å². The Morgan fingerprint density at radius 2 is 1.72 bits per heavy atom. The van der Waals surface area contributed by atoms with E-state index in [-0.39, 0.29) is 27.7 Å². The lowest BCUT2D eigenvalue weighted by Gasteiger charge is -2.28. The van der Waals surface area contributed by atoms with Gasteiger partial charge in [0.25, 0.3) is 17.3 Å². The lowest BCUT2D eigenvalue weighted by Crippen LogP contribution is -2.34. The highest BCUT2D eigenvalue weighted by Gasteiger charge is 2.24. The van der Waals surface area contributed by atoms with E-state index in [4.69, 9.17) is 17.0 Å². The van der Waals surface area contributed by atoms with Crippen LogP contribution in [0, 0.1) is 20.2 Å². The van der Waals surface area contributed by atoms with E-state index >= 15 is 0 Å². The van der Waals surface area contributed by atoms with E-state index in [1.165, 1.54) is 37.4 Å². The summed E-state index contributed by atoms with van der Waals surface area (Å²) in [6, 6.07) is 8.37. The van der Waals surface area contributed by atoms with Crippen LogP contribution >= 0.6 is 12.2 Å². The number of anilines is 2. The second kappa shape index (κ2) is 10.0. The van der Waals surface area contributed by atoms with Crippen LogP contribution in [0.25, 0.3) is 0 Å². The number of rotatable bonds is 6. The number of amides is 1. The van der Waals surface area contributed by atoms with E-state index < -0.39 is 15.8 Å². The normalized spacial score (nSPS) is 13.2. The average Bonchev–Trinajstić information content (AvgIpc) is 2.79. The first kappa shape index (κ1) is 22.9. The van der Waals surface area contributed by atoms with Crippen LogP contribution in [0.15, 0.2) is 36.4 Å². The van der Waals surface area contributed by atoms with Gasteiger partial charge in [0, 0.05) is 24.7 Å². The molecule has 0 atom stereocenters. The lowest BCUT2D eigenvalue weighted by molar-refractivity contribution is -0.384. The molecule has 1 saturated heterocycles. The zero-order chi connectivity index (χ0) is 23.3. The van der Waals surface area contributed by atoms with Crippen LogP contribution in [0.5, 0.6) is 5.75 Å². The number of piperidine rings is 1. The molecule has 0 spiro atoms. The number of hydrogen-bond donors (Lipinski definition) is 2. The summed E-state index contributed by atoms with van der Waals surface area (Å²) < 4.78 is 4.98. The van der Waals surface area contributed by atoms with Crippen molar-refractivity contribution in [3.05, 3.63) is 62.2 Å². The van der Waals surface area contributed by atoms with Crippen molar-refractivity contribution in [2.24, 2.45) is 0 Å². The van der Waals surface area contributed by atoms with Gasteiger partial charge in [-0.1, -0.05) is 0 Å². The van der Waals surface area contributed by atoms with Crippen LogP contribution in [0.2, 0.25) is 0 Å². The minimum Gasteiger partial charge on any atom is -0.496 e. The van der Waals surface area contributed by atoms with Crippen LogP contribution in [0.3, 0.4) is 0 Å². The summed E-state index contributed by atoms with van der Waals surface area (Å²) >= 11 is 5.09. The molecule has 2 aromatic rings. The molecule has 1 fully saturated rings. The lowest BCUT2D eigenvalue weighted by atomic mass is 10.1. The SMILES string of the molecule is COc1ccc(NC(=S)NC(=O)c2ccc(N3CCCCC3)c([N+](=O)[O-])c2)c([N+](=O)[O-])c1. The number of nitrogens with one attached hydrogen (secondary N) is 2. The summed E-state index contributed by atoms with van der Waals surface area (Å²) in [4.78, 5) is 36.3. The molecule has 12 heteroatoms. The number of carbonyl (C=O) groups excluding carboxylic acids is 1. The summed E-state index contributed by atoms with van der Waals surface area (Å²) in [6.07, 6.45) is 3.00. The van der Waals surface area contributed by atoms with Gasteiger partial charge >= 0.3 is 0 Å². The molecule has 0 saturated carbocycles. The number of thiocarbonyl (C=S) groups is 1. The fraction of sp³-hybridized carbons (Fsp3) is 0.300. The summed E-state index contributed by atoms with van der Waals surface area (Å²) in [5.41, 5.74) is 0.130. The summed E-state index contributed by atoms with van der Waals surface area (Å²) in [6.45, 7) is 1.45. The van der Waals surface area contributed by atoms with Crippen LogP contribution in [-0.4, -0.2) is 41.1 Å². The third-order valence-corrected chi connectivity index (χ3v) is 5.21. The van der Waals surface area contributed by atoms with E-state index in [1.807, 2.05) is 4.90 Å². The fourth-order valence-electron chi connectivity index (χ4n) is 3.44. The third-order valence-electron chi connectivity index (χ3n) is 5.01. The van der Waals surface area contributed by atoms with Gasteiger partial charge in [-0.15, -0.1) is 0 Å². The van der Waals surface area contributed by atoms with Crippen molar-refractivity contribution in [2.75, 3.05) is 30.4 Å². The smallest absolute Gasteiger partial charge is 0.296 e. The molecule has 1 amide bonds. The van der Waals surface area contributed by atoms with Crippen molar-refractivity contribution >= 4 is 46.0 Å². The van der Waals surface area contributed by atoms with Gasteiger partial charge in [-0.2, -0.15) is 0 Å². The zero-order valence-electron chi connectivity index (χ0n) is 17.2. The molecule has 168 valence electrons. The minimum atomic E-state index is -0.674. The molecule has 3 rings (SSSR count). The average molecular weight is 459 g/mol. The van der Waals surface area contributed by atoms with Crippen LogP contribution in [0.1, 0.15) is 29.6 Å². The Bertz CT molecular complexity index is 1070. The van der Waals surface area contributed by atoms with Gasteiger partial charge in [-0.3, -0.25) is 30.3 Å². The Labute approximate surface area is 188 Å². The number of ether oxygens (including phenoxy) is 1. The van der Waals surface area contributed by atoms with Crippen LogP contribution in [0.4, 0.5) is 22.7 Å². The second-order valence-electron chi connectivity index (χ2n) is 7.06. The first-order valence-corrected chi connectivity index (χ1v) is 10.2. The molecular weight excluding hydrogens is 438 g/mol. The van der Waals surface area contributed by atoms with E-state index in [0.29, 0.717) is 11.4 Å². The molecule has 0 aromatic heterocycles. The number of hydrogen-bond acceptors (Lipinski definition) is 8. The van der Waals surface area contributed by atoms with Crippen LogP contribution in [-0.2, 0) is 0 Å². The Kier molecular flexibility index (Phi) is 7.15. The van der Waals surface area contributed by atoms with Crippen molar-refractivity contribution < 1.29 is 19.4 Å². The molecule has 1 aliphatic heterocycles. The predicted octanol–water partition coefficient (Wildman–Crippen LogP) is 3.63.